The smallest absolute Gasteiger partial charge is 0.282 e. The number of rotatable bonds is 4. The molecule has 0 N–H and O–H groups in total. The summed E-state index contributed by atoms with van der Waals surface area (Å²) in [5, 5.41) is 5.76. The Morgan fingerprint density at radius 3 is 2.59 bits per heavy atom. The summed E-state index contributed by atoms with van der Waals surface area (Å²) in [5.74, 6) is 0.411. The standard InChI is InChI=1S/C27H21FN4O2/c28-21-15-18(11-12-23(21)31-13-5-6-14-31)17-29-32-26(25-16-19-7-1-4-10-24(19)34-25)30-22-9-3-2-8-20(22)27(32)33/h1-4,7-12,15-17H,5-6,13-14H2. The summed E-state index contributed by atoms with van der Waals surface area (Å²) in [4.78, 5) is 20.1. The van der Waals surface area contributed by atoms with Gasteiger partial charge in [0.1, 0.15) is 11.4 Å². The average molecular weight is 452 g/mol. The molecule has 0 bridgehead atoms. The van der Waals surface area contributed by atoms with Crippen molar-refractivity contribution in [3.63, 3.8) is 0 Å². The van der Waals surface area contributed by atoms with Gasteiger partial charge in [-0.2, -0.15) is 9.78 Å². The predicted molar refractivity (Wildman–Crippen MR) is 132 cm³/mol. The molecule has 34 heavy (non-hydrogen) atoms. The predicted octanol–water partition coefficient (Wildman–Crippen LogP) is 5.43. The normalized spacial score (nSPS) is 14.1. The highest BCUT2D eigenvalue weighted by atomic mass is 19.1. The minimum absolute atomic E-state index is 0.283. The van der Waals surface area contributed by atoms with E-state index in [1.54, 1.807) is 30.3 Å². The van der Waals surface area contributed by atoms with Gasteiger partial charge in [-0.3, -0.25) is 4.79 Å². The van der Waals surface area contributed by atoms with Gasteiger partial charge < -0.3 is 9.32 Å². The van der Waals surface area contributed by atoms with Crippen molar-refractivity contribution < 1.29 is 8.81 Å². The van der Waals surface area contributed by atoms with E-state index in [1.807, 2.05) is 41.3 Å². The third-order valence-electron chi connectivity index (χ3n) is 6.14. The van der Waals surface area contributed by atoms with E-state index in [0.29, 0.717) is 33.5 Å². The number of anilines is 1. The number of para-hydroxylation sites is 2. The zero-order valence-corrected chi connectivity index (χ0v) is 18.3. The number of hydrogen-bond acceptors (Lipinski definition) is 5. The summed E-state index contributed by atoms with van der Waals surface area (Å²) >= 11 is 0. The molecule has 7 heteroatoms. The molecule has 168 valence electrons. The van der Waals surface area contributed by atoms with Crippen molar-refractivity contribution in [2.24, 2.45) is 5.10 Å². The van der Waals surface area contributed by atoms with Crippen LogP contribution < -0.4 is 10.5 Å². The van der Waals surface area contributed by atoms with Crippen LogP contribution in [0.4, 0.5) is 10.1 Å². The van der Waals surface area contributed by atoms with Gasteiger partial charge in [0.25, 0.3) is 5.56 Å². The van der Waals surface area contributed by atoms with E-state index in [1.165, 1.54) is 17.0 Å². The van der Waals surface area contributed by atoms with Crippen LogP contribution in [0.15, 0.2) is 87.1 Å². The van der Waals surface area contributed by atoms with Crippen molar-refractivity contribution in [3.8, 4) is 11.6 Å². The van der Waals surface area contributed by atoms with Gasteiger partial charge in [-0.25, -0.2) is 9.37 Å². The summed E-state index contributed by atoms with van der Waals surface area (Å²) in [7, 11) is 0. The summed E-state index contributed by atoms with van der Waals surface area (Å²) in [5.41, 5.74) is 2.06. The second-order valence-electron chi connectivity index (χ2n) is 8.37. The maximum Gasteiger partial charge on any atom is 0.282 e. The first-order valence-electron chi connectivity index (χ1n) is 11.3. The van der Waals surface area contributed by atoms with Crippen molar-refractivity contribution >= 4 is 33.8 Å². The molecule has 5 aromatic rings. The van der Waals surface area contributed by atoms with Crippen LogP contribution in [0.1, 0.15) is 18.4 Å². The third kappa shape index (κ3) is 3.55. The molecule has 0 amide bonds. The van der Waals surface area contributed by atoms with E-state index in [0.717, 1.165) is 31.3 Å². The van der Waals surface area contributed by atoms with Gasteiger partial charge in [0, 0.05) is 18.5 Å². The van der Waals surface area contributed by atoms with Crippen LogP contribution in [-0.2, 0) is 0 Å². The number of hydrogen-bond donors (Lipinski definition) is 0. The molecular weight excluding hydrogens is 431 g/mol. The van der Waals surface area contributed by atoms with Crippen molar-refractivity contribution in [2.45, 2.75) is 12.8 Å². The molecule has 0 unspecified atom stereocenters. The van der Waals surface area contributed by atoms with Crippen molar-refractivity contribution in [3.05, 3.63) is 94.5 Å². The van der Waals surface area contributed by atoms with Gasteiger partial charge in [0.05, 0.1) is 22.8 Å². The molecule has 0 radical (unpaired) electrons. The van der Waals surface area contributed by atoms with Gasteiger partial charge >= 0.3 is 0 Å². The zero-order chi connectivity index (χ0) is 23.1. The molecule has 3 heterocycles. The Labute approximate surface area is 194 Å². The Balaban J connectivity index is 1.46. The number of furan rings is 1. The SMILES string of the molecule is O=c1c2ccccc2nc(-c2cc3ccccc3o2)n1N=Cc1ccc(N2CCCC2)c(F)c1. The second-order valence-corrected chi connectivity index (χ2v) is 8.37. The van der Waals surface area contributed by atoms with Crippen LogP contribution in [-0.4, -0.2) is 29.0 Å². The van der Waals surface area contributed by atoms with Crippen LogP contribution in [0, 0.1) is 5.82 Å². The number of fused-ring (bicyclic) bond motifs is 2. The molecule has 1 fully saturated rings. The highest BCUT2D eigenvalue weighted by molar-refractivity contribution is 5.85. The first-order chi connectivity index (χ1) is 16.7. The summed E-state index contributed by atoms with van der Waals surface area (Å²) < 4.78 is 22.0. The molecule has 0 atom stereocenters. The lowest BCUT2D eigenvalue weighted by molar-refractivity contribution is 0.615. The lowest BCUT2D eigenvalue weighted by Crippen LogP contribution is -2.20. The van der Waals surface area contributed by atoms with Crippen LogP contribution in [0.3, 0.4) is 0 Å². The van der Waals surface area contributed by atoms with Gasteiger partial charge in [-0.15, -0.1) is 0 Å². The minimum atomic E-state index is -0.327. The second kappa shape index (κ2) is 8.26. The molecule has 0 spiro atoms. The lowest BCUT2D eigenvalue weighted by atomic mass is 10.2. The molecule has 0 aliphatic carbocycles. The van der Waals surface area contributed by atoms with E-state index in [9.17, 15) is 9.18 Å². The monoisotopic (exact) mass is 452 g/mol. The molecule has 2 aromatic heterocycles. The molecule has 1 aliphatic heterocycles. The summed E-state index contributed by atoms with van der Waals surface area (Å²) in [6.45, 7) is 1.73. The van der Waals surface area contributed by atoms with Crippen molar-refractivity contribution in [1.29, 1.82) is 0 Å². The van der Waals surface area contributed by atoms with E-state index < -0.39 is 0 Å². The Kier molecular flexibility index (Phi) is 4.95. The van der Waals surface area contributed by atoms with Crippen LogP contribution >= 0.6 is 0 Å². The first-order valence-corrected chi connectivity index (χ1v) is 11.3. The lowest BCUT2D eigenvalue weighted by Gasteiger charge is -2.18. The Morgan fingerprint density at radius 1 is 0.971 bits per heavy atom. The maximum atomic E-state index is 14.8. The van der Waals surface area contributed by atoms with Crippen LogP contribution in [0.5, 0.6) is 0 Å². The van der Waals surface area contributed by atoms with E-state index in [4.69, 9.17) is 4.42 Å². The number of nitrogens with zero attached hydrogens (tertiary/aromatic N) is 4. The van der Waals surface area contributed by atoms with Crippen molar-refractivity contribution in [2.75, 3.05) is 18.0 Å². The molecule has 1 aliphatic rings. The van der Waals surface area contributed by atoms with Gasteiger partial charge in [0.15, 0.2) is 5.76 Å². The fourth-order valence-corrected chi connectivity index (χ4v) is 4.42. The minimum Gasteiger partial charge on any atom is -0.453 e. The number of halogens is 1. The molecular formula is C27H21FN4O2. The van der Waals surface area contributed by atoms with E-state index >= 15 is 0 Å². The summed E-state index contributed by atoms with van der Waals surface area (Å²) in [6.07, 6.45) is 3.62. The zero-order valence-electron chi connectivity index (χ0n) is 18.3. The molecule has 1 saturated heterocycles. The van der Waals surface area contributed by atoms with Gasteiger partial charge in [-0.1, -0.05) is 36.4 Å². The number of benzene rings is 3. The molecule has 6 rings (SSSR count). The number of aromatic nitrogens is 2. The Hall–Kier alpha value is -4.26. The average Bonchev–Trinajstić information content (AvgIpc) is 3.54. The van der Waals surface area contributed by atoms with Crippen LogP contribution in [0.2, 0.25) is 0 Å². The Bertz CT molecular complexity index is 1580. The van der Waals surface area contributed by atoms with Crippen molar-refractivity contribution in [1.82, 2.24) is 9.66 Å². The largest absolute Gasteiger partial charge is 0.453 e. The van der Waals surface area contributed by atoms with E-state index in [2.05, 4.69) is 10.1 Å². The Morgan fingerprint density at radius 2 is 1.76 bits per heavy atom. The highest BCUT2D eigenvalue weighted by Gasteiger charge is 2.18. The van der Waals surface area contributed by atoms with Gasteiger partial charge in [0.2, 0.25) is 5.82 Å². The fourth-order valence-electron chi connectivity index (χ4n) is 4.42. The fraction of sp³-hybridized carbons (Fsp3) is 0.148. The topological polar surface area (TPSA) is 63.6 Å². The summed E-state index contributed by atoms with van der Waals surface area (Å²) in [6, 6.07) is 21.5. The highest BCUT2D eigenvalue weighted by Crippen LogP contribution is 2.27. The first kappa shape index (κ1) is 20.4. The molecule has 3 aromatic carbocycles. The maximum absolute atomic E-state index is 14.8. The van der Waals surface area contributed by atoms with Gasteiger partial charge in [-0.05, 0) is 54.8 Å². The quantitative estimate of drug-likeness (QED) is 0.341. The molecule has 6 nitrogen and oxygen atoms in total. The van der Waals surface area contributed by atoms with E-state index in [-0.39, 0.29) is 17.2 Å². The molecule has 0 saturated carbocycles. The third-order valence-corrected chi connectivity index (χ3v) is 6.14. The van der Waals surface area contributed by atoms with Crippen LogP contribution in [0.25, 0.3) is 33.5 Å².